The number of anilines is 1. The second kappa shape index (κ2) is 3.95. The van der Waals surface area contributed by atoms with Crippen LogP contribution in [0, 0.1) is 20.2 Å². The molecule has 0 saturated heterocycles. The maximum absolute atomic E-state index is 11.1. The van der Waals surface area contributed by atoms with Crippen LogP contribution in [-0.4, -0.2) is 22.4 Å². The van der Waals surface area contributed by atoms with Gasteiger partial charge in [0.2, 0.25) is 0 Å². The Hall–Kier alpha value is -2.71. The van der Waals surface area contributed by atoms with Gasteiger partial charge in [-0.2, -0.15) is 0 Å². The highest BCUT2D eigenvalue weighted by Gasteiger charge is 2.33. The van der Waals surface area contributed by atoms with E-state index in [2.05, 4.69) is 0 Å². The number of nitrogens with two attached hydrogens (primary N) is 1. The third-order valence-corrected chi connectivity index (χ3v) is 2.70. The summed E-state index contributed by atoms with van der Waals surface area (Å²) in [4.78, 5) is 32.3. The van der Waals surface area contributed by atoms with Crippen LogP contribution in [0.1, 0.15) is 5.56 Å². The Balaban J connectivity index is 2.66. The molecule has 0 radical (unpaired) electrons. The highest BCUT2D eigenvalue weighted by atomic mass is 16.6. The van der Waals surface area contributed by atoms with Gasteiger partial charge in [0, 0.05) is 12.6 Å². The van der Waals surface area contributed by atoms with Crippen molar-refractivity contribution < 1.29 is 14.6 Å². The van der Waals surface area contributed by atoms with Gasteiger partial charge in [0.25, 0.3) is 11.4 Å². The number of nitrogens with zero attached hydrogens (tertiary/aromatic N) is 3. The summed E-state index contributed by atoms with van der Waals surface area (Å²) in [6.45, 7) is 0.187. The molecule has 9 nitrogen and oxygen atoms in total. The molecule has 2 N–H and O–H groups in total. The molecule has 1 aliphatic heterocycles. The second-order valence-corrected chi connectivity index (χ2v) is 3.73. The third kappa shape index (κ3) is 1.71. The first-order valence-corrected chi connectivity index (χ1v) is 4.94. The lowest BCUT2D eigenvalue weighted by atomic mass is 10.1. The standard InChI is InChI=1S/C9H8N4O5/c10-9(14)11-2-1-5-3-6(12(15)16)4-7(8(5)11)13(17)18/h3-4H,1-2H2,(H2,10,14). The van der Waals surface area contributed by atoms with Crippen LogP contribution in [0.4, 0.5) is 21.9 Å². The number of primary amides is 1. The van der Waals surface area contributed by atoms with Crippen LogP contribution < -0.4 is 10.6 Å². The van der Waals surface area contributed by atoms with Crippen molar-refractivity contribution >= 4 is 23.1 Å². The third-order valence-electron chi connectivity index (χ3n) is 2.70. The minimum atomic E-state index is -0.814. The lowest BCUT2D eigenvalue weighted by Crippen LogP contribution is -2.34. The molecular formula is C9H8N4O5. The van der Waals surface area contributed by atoms with Crippen LogP contribution in [0.5, 0.6) is 0 Å². The van der Waals surface area contributed by atoms with Gasteiger partial charge in [-0.3, -0.25) is 25.1 Å². The monoisotopic (exact) mass is 252 g/mol. The molecule has 0 bridgehead atoms. The van der Waals surface area contributed by atoms with E-state index in [0.717, 1.165) is 11.0 Å². The summed E-state index contributed by atoms with van der Waals surface area (Å²) in [6.07, 6.45) is 0.306. The van der Waals surface area contributed by atoms with Gasteiger partial charge in [-0.1, -0.05) is 0 Å². The Kier molecular flexibility index (Phi) is 2.58. The quantitative estimate of drug-likeness (QED) is 0.617. The lowest BCUT2D eigenvalue weighted by Gasteiger charge is -2.13. The fourth-order valence-electron chi connectivity index (χ4n) is 1.97. The van der Waals surface area contributed by atoms with Crippen LogP contribution in [-0.2, 0) is 6.42 Å². The van der Waals surface area contributed by atoms with Gasteiger partial charge in [0.1, 0.15) is 5.69 Å². The molecule has 1 aromatic rings. The smallest absolute Gasteiger partial charge is 0.319 e. The van der Waals surface area contributed by atoms with Gasteiger partial charge in [-0.15, -0.1) is 0 Å². The molecule has 94 valence electrons. The fourth-order valence-corrected chi connectivity index (χ4v) is 1.97. The van der Waals surface area contributed by atoms with Crippen LogP contribution in [0.25, 0.3) is 0 Å². The van der Waals surface area contributed by atoms with E-state index in [9.17, 15) is 25.0 Å². The van der Waals surface area contributed by atoms with E-state index >= 15 is 0 Å². The summed E-state index contributed by atoms with van der Waals surface area (Å²) in [7, 11) is 0. The Morgan fingerprint density at radius 3 is 2.44 bits per heavy atom. The summed E-state index contributed by atoms with van der Waals surface area (Å²) in [5, 5.41) is 21.6. The molecule has 1 aromatic carbocycles. The highest BCUT2D eigenvalue weighted by Crippen LogP contribution is 2.39. The Morgan fingerprint density at radius 2 is 1.94 bits per heavy atom. The summed E-state index contributed by atoms with van der Waals surface area (Å²) < 4.78 is 0. The first-order chi connectivity index (χ1) is 8.41. The topological polar surface area (TPSA) is 133 Å². The van der Waals surface area contributed by atoms with Crippen molar-refractivity contribution in [1.29, 1.82) is 0 Å². The molecule has 1 heterocycles. The average molecular weight is 252 g/mol. The van der Waals surface area contributed by atoms with E-state index in [-0.39, 0.29) is 17.9 Å². The second-order valence-electron chi connectivity index (χ2n) is 3.73. The maximum atomic E-state index is 11.1. The summed E-state index contributed by atoms with van der Waals surface area (Å²) in [6, 6.07) is 1.25. The number of nitro groups is 2. The molecule has 0 fully saturated rings. The van der Waals surface area contributed by atoms with E-state index in [0.29, 0.717) is 12.0 Å². The van der Waals surface area contributed by atoms with Crippen molar-refractivity contribution in [2.24, 2.45) is 5.73 Å². The molecule has 2 rings (SSSR count). The average Bonchev–Trinajstić information content (AvgIpc) is 2.70. The first kappa shape index (κ1) is 11.8. The normalized spacial score (nSPS) is 13.2. The Labute approximate surface area is 100 Å². The number of fused-ring (bicyclic) bond motifs is 1. The number of carbonyl (C=O) groups excluding carboxylic acids is 1. The van der Waals surface area contributed by atoms with E-state index in [1.807, 2.05) is 0 Å². The van der Waals surface area contributed by atoms with Crippen molar-refractivity contribution in [2.45, 2.75) is 6.42 Å². The van der Waals surface area contributed by atoms with Crippen LogP contribution in [0.15, 0.2) is 12.1 Å². The molecule has 0 unspecified atom stereocenters. The zero-order valence-electron chi connectivity index (χ0n) is 9.03. The van der Waals surface area contributed by atoms with E-state index in [1.165, 1.54) is 6.07 Å². The number of urea groups is 1. The predicted octanol–water partition coefficient (Wildman–Crippen LogP) is 0.944. The first-order valence-electron chi connectivity index (χ1n) is 4.94. The molecule has 0 aromatic heterocycles. The molecule has 1 aliphatic rings. The van der Waals surface area contributed by atoms with Crippen molar-refractivity contribution in [3.8, 4) is 0 Å². The molecular weight excluding hydrogens is 244 g/mol. The zero-order chi connectivity index (χ0) is 13.4. The largest absolute Gasteiger partial charge is 0.351 e. The Morgan fingerprint density at radius 1 is 1.28 bits per heavy atom. The van der Waals surface area contributed by atoms with Gasteiger partial charge in [0.05, 0.1) is 15.9 Å². The number of nitro benzene ring substituents is 2. The summed E-state index contributed by atoms with van der Waals surface area (Å²) >= 11 is 0. The maximum Gasteiger partial charge on any atom is 0.319 e. The lowest BCUT2D eigenvalue weighted by molar-refractivity contribution is -0.393. The molecule has 9 heteroatoms. The van der Waals surface area contributed by atoms with Crippen LogP contribution in [0.3, 0.4) is 0 Å². The summed E-state index contributed by atoms with van der Waals surface area (Å²) in [5.74, 6) is 0. The number of hydrogen-bond acceptors (Lipinski definition) is 5. The fraction of sp³-hybridized carbons (Fsp3) is 0.222. The molecule has 0 spiro atoms. The van der Waals surface area contributed by atoms with Crippen molar-refractivity contribution in [3.63, 3.8) is 0 Å². The zero-order valence-corrected chi connectivity index (χ0v) is 9.03. The number of carbonyl (C=O) groups is 1. The van der Waals surface area contributed by atoms with Gasteiger partial charge < -0.3 is 5.73 Å². The molecule has 2 amide bonds. The molecule has 0 atom stereocenters. The molecule has 18 heavy (non-hydrogen) atoms. The van der Waals surface area contributed by atoms with Gasteiger partial charge in [0.15, 0.2) is 0 Å². The van der Waals surface area contributed by atoms with Crippen LogP contribution in [0.2, 0.25) is 0 Å². The van der Waals surface area contributed by atoms with Gasteiger partial charge >= 0.3 is 6.03 Å². The van der Waals surface area contributed by atoms with Crippen molar-refractivity contribution in [2.75, 3.05) is 11.4 Å². The summed E-state index contributed by atoms with van der Waals surface area (Å²) in [5.41, 5.74) is 4.70. The van der Waals surface area contributed by atoms with Gasteiger partial charge in [-0.05, 0) is 12.0 Å². The van der Waals surface area contributed by atoms with Gasteiger partial charge in [-0.25, -0.2) is 4.79 Å². The number of hydrogen-bond donors (Lipinski definition) is 1. The minimum Gasteiger partial charge on any atom is -0.351 e. The molecule has 0 aliphatic carbocycles. The highest BCUT2D eigenvalue weighted by molar-refractivity contribution is 5.96. The number of amides is 2. The van der Waals surface area contributed by atoms with Crippen molar-refractivity contribution in [1.82, 2.24) is 0 Å². The van der Waals surface area contributed by atoms with E-state index in [1.54, 1.807) is 0 Å². The van der Waals surface area contributed by atoms with Crippen LogP contribution >= 0.6 is 0 Å². The number of rotatable bonds is 2. The number of benzene rings is 1. The minimum absolute atomic E-state index is 0.0538. The van der Waals surface area contributed by atoms with Crippen molar-refractivity contribution in [3.05, 3.63) is 37.9 Å². The molecule has 0 saturated carbocycles. The number of non-ortho nitro benzene ring substituents is 1. The predicted molar refractivity (Wildman–Crippen MR) is 60.4 cm³/mol. The Bertz CT molecular complexity index is 570. The SMILES string of the molecule is NC(=O)N1CCc2cc([N+](=O)[O-])cc([N+](=O)[O-])c21. The van der Waals surface area contributed by atoms with E-state index in [4.69, 9.17) is 5.73 Å². The van der Waals surface area contributed by atoms with E-state index < -0.39 is 21.6 Å².